The quantitative estimate of drug-likeness (QED) is 0.524. The lowest BCUT2D eigenvalue weighted by atomic mass is 10.3. The summed E-state index contributed by atoms with van der Waals surface area (Å²) in [5.74, 6) is 0.452. The molecule has 0 atom stereocenters. The Morgan fingerprint density at radius 2 is 2.27 bits per heavy atom. The van der Waals surface area contributed by atoms with Gasteiger partial charge in [-0.25, -0.2) is 9.97 Å². The van der Waals surface area contributed by atoms with Crippen molar-refractivity contribution in [1.82, 2.24) is 25.1 Å². The number of nitrogens with zero attached hydrogens (tertiary/aromatic N) is 5. The first-order valence-corrected chi connectivity index (χ1v) is 3.01. The highest BCUT2D eigenvalue weighted by Gasteiger charge is 2.12. The Balaban J connectivity index is 2.81. The Morgan fingerprint density at radius 3 is 3.09 bits per heavy atom. The Hall–Kier alpha value is -1.72. The van der Waals surface area contributed by atoms with E-state index in [0.29, 0.717) is 22.1 Å². The zero-order chi connectivity index (χ0) is 7.84. The third-order valence-electron chi connectivity index (χ3n) is 1.45. The van der Waals surface area contributed by atoms with Crippen LogP contribution in [0.5, 0.6) is 0 Å². The van der Waals surface area contributed by atoms with E-state index < -0.39 is 0 Å². The number of hydrogen-bond acceptors (Lipinski definition) is 5. The summed E-state index contributed by atoms with van der Waals surface area (Å²) in [6.07, 6.45) is 1.38. The average molecular weight is 151 g/mol. The van der Waals surface area contributed by atoms with Gasteiger partial charge in [0.25, 0.3) is 0 Å². The lowest BCUT2D eigenvalue weighted by Gasteiger charge is -2.01. The van der Waals surface area contributed by atoms with Gasteiger partial charge in [0.15, 0.2) is 0 Å². The highest BCUT2D eigenvalue weighted by molar-refractivity contribution is 5.51. The Bertz CT molecular complexity index is 356. The van der Waals surface area contributed by atoms with Crippen LogP contribution in [0.2, 0.25) is 0 Å². The predicted molar refractivity (Wildman–Crippen MR) is 34.2 cm³/mol. The number of imidazole rings is 1. The zero-order valence-electron chi connectivity index (χ0n) is 5.76. The van der Waals surface area contributed by atoms with E-state index in [-0.39, 0.29) is 0 Å². The number of hydrogen-bond donors (Lipinski definition) is 1. The van der Waals surface area contributed by atoms with E-state index >= 15 is 0 Å². The van der Waals surface area contributed by atoms with Crippen molar-refractivity contribution in [3.63, 3.8) is 0 Å². The van der Waals surface area contributed by atoms with Crippen molar-refractivity contribution < 1.29 is 5.21 Å². The van der Waals surface area contributed by atoms with Crippen molar-refractivity contribution in [2.24, 2.45) is 0 Å². The summed E-state index contributed by atoms with van der Waals surface area (Å²) in [6, 6.07) is 0. The monoisotopic (exact) mass is 151 g/mol. The fraction of sp³-hybridized carbons (Fsp3) is 0.200. The lowest BCUT2D eigenvalue weighted by Crippen LogP contribution is -2.08. The molecule has 0 spiro atoms. The van der Waals surface area contributed by atoms with Gasteiger partial charge in [-0.3, -0.25) is 0 Å². The summed E-state index contributed by atoms with van der Waals surface area (Å²) in [6.45, 7) is 1.69. The van der Waals surface area contributed by atoms with Gasteiger partial charge in [0.1, 0.15) is 17.7 Å². The van der Waals surface area contributed by atoms with Gasteiger partial charge in [0.2, 0.25) is 5.82 Å². The summed E-state index contributed by atoms with van der Waals surface area (Å²) >= 11 is 0. The summed E-state index contributed by atoms with van der Waals surface area (Å²) in [5, 5.41) is 16.0. The van der Waals surface area contributed by atoms with Crippen LogP contribution in [0.4, 0.5) is 0 Å². The van der Waals surface area contributed by atoms with E-state index in [1.807, 2.05) is 0 Å². The summed E-state index contributed by atoms with van der Waals surface area (Å²) in [7, 11) is 0. The minimum absolute atomic E-state index is 0.452. The van der Waals surface area contributed by atoms with E-state index in [2.05, 4.69) is 20.3 Å². The van der Waals surface area contributed by atoms with Gasteiger partial charge in [-0.2, -0.15) is 0 Å². The average Bonchev–Trinajstić information content (AvgIpc) is 2.45. The summed E-state index contributed by atoms with van der Waals surface area (Å²) in [4.78, 5) is 8.37. The maximum absolute atomic E-state index is 9.01. The standard InChI is InChI=1S/C5H5N5O/c1-3-4-5(7-2-6-4)8-9-10(3)11/h2,11H,1H3. The molecule has 1 N–H and O–H groups in total. The van der Waals surface area contributed by atoms with Crippen molar-refractivity contribution in [2.45, 2.75) is 6.92 Å². The zero-order valence-corrected chi connectivity index (χ0v) is 5.76. The molecule has 0 unspecified atom stereocenters. The molecule has 0 aromatic heterocycles. The molecule has 0 radical (unpaired) electrons. The second kappa shape index (κ2) is 1.88. The molecule has 2 heterocycles. The third kappa shape index (κ3) is 0.721. The van der Waals surface area contributed by atoms with Gasteiger partial charge in [-0.1, -0.05) is 4.85 Å². The molecule has 0 saturated carbocycles. The third-order valence-corrected chi connectivity index (χ3v) is 1.45. The van der Waals surface area contributed by atoms with Crippen LogP contribution < -0.4 is 0 Å². The summed E-state index contributed by atoms with van der Waals surface area (Å²) in [5.41, 5.74) is 1.11. The molecule has 0 amide bonds. The molecule has 0 bridgehead atoms. The smallest absolute Gasteiger partial charge is 0.205 e. The van der Waals surface area contributed by atoms with Crippen LogP contribution in [-0.4, -0.2) is 30.3 Å². The van der Waals surface area contributed by atoms with Gasteiger partial charge < -0.3 is 5.21 Å². The van der Waals surface area contributed by atoms with Gasteiger partial charge >= 0.3 is 0 Å². The van der Waals surface area contributed by atoms with Crippen LogP contribution in [-0.2, 0) is 0 Å². The highest BCUT2D eigenvalue weighted by Crippen LogP contribution is 2.14. The molecule has 11 heavy (non-hydrogen) atoms. The van der Waals surface area contributed by atoms with Crippen molar-refractivity contribution in [3.8, 4) is 11.5 Å². The highest BCUT2D eigenvalue weighted by atomic mass is 16.5. The normalized spacial score (nSPS) is 10.6. The topological polar surface area (TPSA) is 76.7 Å². The van der Waals surface area contributed by atoms with E-state index in [0.717, 1.165) is 0 Å². The fourth-order valence-corrected chi connectivity index (χ4v) is 0.835. The van der Waals surface area contributed by atoms with Crippen molar-refractivity contribution in [3.05, 3.63) is 12.0 Å². The van der Waals surface area contributed by atoms with Crippen molar-refractivity contribution in [1.29, 1.82) is 0 Å². The van der Waals surface area contributed by atoms with Crippen LogP contribution in [0.25, 0.3) is 11.5 Å². The van der Waals surface area contributed by atoms with Crippen LogP contribution in [0.3, 0.4) is 0 Å². The van der Waals surface area contributed by atoms with Gasteiger partial charge in [0.05, 0.1) is 0 Å². The van der Waals surface area contributed by atoms with Crippen LogP contribution in [0.1, 0.15) is 5.69 Å². The fourth-order valence-electron chi connectivity index (χ4n) is 0.835. The number of fused-ring (bicyclic) bond motifs is 1. The van der Waals surface area contributed by atoms with Crippen LogP contribution >= 0.6 is 0 Å². The second-order valence-corrected chi connectivity index (χ2v) is 2.11. The van der Waals surface area contributed by atoms with Crippen molar-refractivity contribution in [2.75, 3.05) is 0 Å². The molecule has 0 saturated heterocycles. The minimum atomic E-state index is 0.452. The molecule has 56 valence electrons. The predicted octanol–water partition coefficient (Wildman–Crippen LogP) is -0.281. The molecule has 0 aliphatic carbocycles. The maximum Gasteiger partial charge on any atom is 0.205 e. The SMILES string of the molecule is Cc1c2ncnc-2nnn1O. The summed E-state index contributed by atoms with van der Waals surface area (Å²) < 4.78 is 0. The van der Waals surface area contributed by atoms with Crippen LogP contribution in [0.15, 0.2) is 6.33 Å². The molecule has 6 nitrogen and oxygen atoms in total. The second-order valence-electron chi connectivity index (χ2n) is 2.11. The largest absolute Gasteiger partial charge is 0.410 e. The Kier molecular flexibility index (Phi) is 1.03. The first-order valence-electron chi connectivity index (χ1n) is 3.01. The molecular weight excluding hydrogens is 146 g/mol. The van der Waals surface area contributed by atoms with E-state index in [4.69, 9.17) is 5.21 Å². The van der Waals surface area contributed by atoms with Gasteiger partial charge in [-0.15, -0.1) is 5.10 Å². The van der Waals surface area contributed by atoms with Gasteiger partial charge in [0, 0.05) is 0 Å². The van der Waals surface area contributed by atoms with E-state index in [1.165, 1.54) is 6.33 Å². The molecule has 6 heteroatoms. The molecule has 0 aromatic carbocycles. The first kappa shape index (κ1) is 6.02. The molecule has 2 rings (SSSR count). The van der Waals surface area contributed by atoms with E-state index in [9.17, 15) is 0 Å². The van der Waals surface area contributed by atoms with Gasteiger partial charge in [-0.05, 0) is 12.1 Å². The van der Waals surface area contributed by atoms with E-state index in [1.54, 1.807) is 6.92 Å². The first-order chi connectivity index (χ1) is 5.29. The minimum Gasteiger partial charge on any atom is -0.410 e. The Morgan fingerprint density at radius 1 is 1.45 bits per heavy atom. The Labute approximate surface area is 61.8 Å². The van der Waals surface area contributed by atoms with Crippen molar-refractivity contribution >= 4 is 0 Å². The van der Waals surface area contributed by atoms with Crippen LogP contribution in [0, 0.1) is 6.92 Å². The number of aromatic nitrogens is 5. The molecule has 0 aromatic rings. The lowest BCUT2D eigenvalue weighted by molar-refractivity contribution is 0.128. The molecular formula is C5H5N5O. The molecule has 0 fully saturated rings. The maximum atomic E-state index is 9.01. The molecule has 2 aliphatic rings. The number of rotatable bonds is 0. The molecule has 2 aliphatic heterocycles.